The molecule has 0 aliphatic heterocycles. The molecule has 1 fully saturated rings. The third-order valence-electron chi connectivity index (χ3n) is 3.89. The second-order valence-electron chi connectivity index (χ2n) is 5.34. The van der Waals surface area contributed by atoms with E-state index in [1.807, 2.05) is 0 Å². The number of ketones is 2. The fourth-order valence-electron chi connectivity index (χ4n) is 2.72. The van der Waals surface area contributed by atoms with Gasteiger partial charge in [-0.3, -0.25) is 9.59 Å². The molecule has 1 aliphatic rings. The zero-order valence-corrected chi connectivity index (χ0v) is 15.7. The van der Waals surface area contributed by atoms with Crippen LogP contribution in [0.4, 0.5) is 0 Å². The quantitative estimate of drug-likeness (QED) is 0.464. The summed E-state index contributed by atoms with van der Waals surface area (Å²) in [6, 6.07) is 9.46. The first-order valence-corrected chi connectivity index (χ1v) is 8.75. The number of halogens is 4. The van der Waals surface area contributed by atoms with E-state index < -0.39 is 17.6 Å². The average Bonchev–Trinajstić information content (AvgIpc) is 2.75. The van der Waals surface area contributed by atoms with Gasteiger partial charge in [-0.2, -0.15) is 0 Å². The molecule has 0 N–H and O–H groups in total. The van der Waals surface area contributed by atoms with Gasteiger partial charge in [0.2, 0.25) is 0 Å². The number of hydrogen-bond acceptors (Lipinski definition) is 3. The van der Waals surface area contributed by atoms with Crippen LogP contribution in [0.25, 0.3) is 0 Å². The molecule has 24 heavy (non-hydrogen) atoms. The van der Waals surface area contributed by atoms with Crippen molar-refractivity contribution >= 4 is 75.1 Å². The zero-order valence-electron chi connectivity index (χ0n) is 11.9. The Hall–Kier alpha value is -0.970. The number of carbonyl (C=O) groups is 2. The van der Waals surface area contributed by atoms with Crippen LogP contribution in [0.1, 0.15) is 23.0 Å². The van der Waals surface area contributed by atoms with E-state index in [1.165, 1.54) is 6.07 Å². The molecule has 2 atom stereocenters. The predicted molar refractivity (Wildman–Crippen MR) is 101 cm³/mol. The molecule has 122 valence electrons. The second-order valence-corrected chi connectivity index (χ2v) is 7.41. The van der Waals surface area contributed by atoms with Crippen molar-refractivity contribution in [2.24, 2.45) is 0 Å². The van der Waals surface area contributed by atoms with Crippen molar-refractivity contribution in [2.45, 2.75) is 11.8 Å². The van der Waals surface area contributed by atoms with Crippen LogP contribution in [-0.2, 0) is 9.59 Å². The standard InChI is InChI=1S/C17H8Cl4O2S/c18-9-3-1-7(5-11(9)20)13-15(22)14(17(24)16(13)23)8-2-4-10(19)12(21)6-8/h1-6,13-14H. The maximum Gasteiger partial charge on any atom is 0.185 e. The number of benzene rings is 2. The first-order chi connectivity index (χ1) is 11.3. The Kier molecular flexibility index (Phi) is 5.01. The average molecular weight is 418 g/mol. The molecule has 0 bridgehead atoms. The molecule has 0 heterocycles. The molecule has 2 nitrogen and oxygen atoms in total. The molecule has 0 aromatic heterocycles. The molecule has 2 unspecified atom stereocenters. The Morgan fingerprint density at radius 3 is 1.62 bits per heavy atom. The number of carbonyl (C=O) groups excluding carboxylic acids is 2. The van der Waals surface area contributed by atoms with Crippen molar-refractivity contribution in [3.63, 3.8) is 0 Å². The second kappa shape index (κ2) is 6.74. The molecule has 7 heteroatoms. The molecule has 0 amide bonds. The lowest BCUT2D eigenvalue weighted by Gasteiger charge is -2.11. The zero-order chi connectivity index (χ0) is 17.6. The van der Waals surface area contributed by atoms with Crippen LogP contribution in [0, 0.1) is 0 Å². The van der Waals surface area contributed by atoms with Gasteiger partial charge in [-0.05, 0) is 35.4 Å². The Labute approximate surface area is 163 Å². The van der Waals surface area contributed by atoms with Gasteiger partial charge in [0.25, 0.3) is 0 Å². The van der Waals surface area contributed by atoms with Crippen LogP contribution in [-0.4, -0.2) is 16.4 Å². The lowest BCUT2D eigenvalue weighted by molar-refractivity contribution is -0.123. The van der Waals surface area contributed by atoms with Crippen LogP contribution >= 0.6 is 58.6 Å². The normalized spacial score (nSPS) is 20.8. The van der Waals surface area contributed by atoms with E-state index in [4.69, 9.17) is 58.6 Å². The van der Waals surface area contributed by atoms with E-state index in [2.05, 4.69) is 0 Å². The predicted octanol–water partition coefficient (Wildman–Crippen LogP) is 5.69. The van der Waals surface area contributed by atoms with Crippen LogP contribution in [0.3, 0.4) is 0 Å². The van der Waals surface area contributed by atoms with E-state index in [9.17, 15) is 9.59 Å². The lowest BCUT2D eigenvalue weighted by atomic mass is 9.91. The van der Waals surface area contributed by atoms with Crippen LogP contribution < -0.4 is 0 Å². The first kappa shape index (κ1) is 17.8. The topological polar surface area (TPSA) is 34.1 Å². The monoisotopic (exact) mass is 416 g/mol. The van der Waals surface area contributed by atoms with E-state index in [0.29, 0.717) is 26.2 Å². The van der Waals surface area contributed by atoms with Crippen molar-refractivity contribution in [2.75, 3.05) is 0 Å². The molecule has 0 saturated heterocycles. The van der Waals surface area contributed by atoms with Crippen molar-refractivity contribution in [1.82, 2.24) is 0 Å². The third kappa shape index (κ3) is 3.00. The largest absolute Gasteiger partial charge is 0.297 e. The Balaban J connectivity index is 2.04. The molecular weight excluding hydrogens is 410 g/mol. The molecule has 1 saturated carbocycles. The summed E-state index contributed by atoms with van der Waals surface area (Å²) in [5.41, 5.74) is 1.03. The fourth-order valence-corrected chi connectivity index (χ4v) is 3.71. The smallest absolute Gasteiger partial charge is 0.185 e. The fraction of sp³-hybridized carbons (Fsp3) is 0.118. The molecule has 0 spiro atoms. The minimum atomic E-state index is -0.980. The summed E-state index contributed by atoms with van der Waals surface area (Å²) in [6.45, 7) is 0. The molecular formula is C17H8Cl4O2S. The number of hydrogen-bond donors (Lipinski definition) is 0. The van der Waals surface area contributed by atoms with E-state index in [-0.39, 0.29) is 15.7 Å². The van der Waals surface area contributed by atoms with Gasteiger partial charge in [-0.15, -0.1) is 0 Å². The van der Waals surface area contributed by atoms with Gasteiger partial charge < -0.3 is 0 Å². The van der Waals surface area contributed by atoms with Crippen molar-refractivity contribution in [1.29, 1.82) is 0 Å². The minimum absolute atomic E-state index is 0.0643. The highest BCUT2D eigenvalue weighted by atomic mass is 35.5. The highest BCUT2D eigenvalue weighted by Crippen LogP contribution is 2.39. The van der Waals surface area contributed by atoms with Crippen LogP contribution in [0.5, 0.6) is 0 Å². The summed E-state index contributed by atoms with van der Waals surface area (Å²) in [5.74, 6) is -2.50. The van der Waals surface area contributed by atoms with Crippen molar-refractivity contribution in [3.8, 4) is 0 Å². The summed E-state index contributed by atoms with van der Waals surface area (Å²) in [5, 5.41) is 1.29. The SMILES string of the molecule is O=C1C(=S)C(c2ccc(Cl)c(Cl)c2)C(=O)C1c1ccc(Cl)c(Cl)c1. The number of Topliss-reactive ketones (excluding diaryl/α,β-unsaturated/α-hetero) is 2. The molecule has 2 aromatic rings. The van der Waals surface area contributed by atoms with Crippen LogP contribution in [0.2, 0.25) is 20.1 Å². The van der Waals surface area contributed by atoms with Gasteiger partial charge in [0.1, 0.15) is 5.92 Å². The minimum Gasteiger partial charge on any atom is -0.297 e. The lowest BCUT2D eigenvalue weighted by Crippen LogP contribution is -2.14. The highest BCUT2D eigenvalue weighted by Gasteiger charge is 2.47. The van der Waals surface area contributed by atoms with Gasteiger partial charge in [0.05, 0.1) is 30.9 Å². The summed E-state index contributed by atoms with van der Waals surface area (Å²) < 4.78 is 0. The maximum atomic E-state index is 12.9. The van der Waals surface area contributed by atoms with Gasteiger partial charge >= 0.3 is 0 Å². The van der Waals surface area contributed by atoms with Gasteiger partial charge in [0.15, 0.2) is 11.6 Å². The van der Waals surface area contributed by atoms with Gasteiger partial charge in [0, 0.05) is 0 Å². The Morgan fingerprint density at radius 2 is 1.17 bits per heavy atom. The molecule has 2 aromatic carbocycles. The van der Waals surface area contributed by atoms with Crippen LogP contribution in [0.15, 0.2) is 36.4 Å². The number of rotatable bonds is 2. The van der Waals surface area contributed by atoms with Gasteiger partial charge in [-0.1, -0.05) is 70.8 Å². The highest BCUT2D eigenvalue weighted by molar-refractivity contribution is 7.82. The summed E-state index contributed by atoms with van der Waals surface area (Å²) >= 11 is 29.0. The van der Waals surface area contributed by atoms with E-state index in [0.717, 1.165) is 0 Å². The van der Waals surface area contributed by atoms with Crippen molar-refractivity contribution in [3.05, 3.63) is 67.6 Å². The van der Waals surface area contributed by atoms with E-state index in [1.54, 1.807) is 30.3 Å². The molecule has 3 rings (SSSR count). The molecule has 1 aliphatic carbocycles. The van der Waals surface area contributed by atoms with E-state index >= 15 is 0 Å². The summed E-state index contributed by atoms with van der Waals surface area (Å²) in [6.07, 6.45) is 0. The first-order valence-electron chi connectivity index (χ1n) is 6.83. The summed E-state index contributed by atoms with van der Waals surface area (Å²) in [7, 11) is 0. The Morgan fingerprint density at radius 1 is 0.708 bits per heavy atom. The Bertz CT molecular complexity index is 823. The third-order valence-corrected chi connectivity index (χ3v) is 5.81. The van der Waals surface area contributed by atoms with Crippen molar-refractivity contribution < 1.29 is 9.59 Å². The number of thiocarbonyl (C=S) groups is 1. The summed E-state index contributed by atoms with van der Waals surface area (Å²) in [4.78, 5) is 25.5. The van der Waals surface area contributed by atoms with Gasteiger partial charge in [-0.25, -0.2) is 0 Å². The molecule has 0 radical (unpaired) electrons. The maximum absolute atomic E-state index is 12.9.